The van der Waals surface area contributed by atoms with Gasteiger partial charge in [-0.05, 0) is 12.5 Å². The molecule has 0 spiro atoms. The van der Waals surface area contributed by atoms with E-state index in [9.17, 15) is 18.0 Å². The predicted octanol–water partition coefficient (Wildman–Crippen LogP) is 1.83. The second kappa shape index (κ2) is 4.32. The second-order valence-corrected chi connectivity index (χ2v) is 3.28. The number of allylic oxidation sites excluding steroid dienone is 1. The third kappa shape index (κ3) is 2.79. The van der Waals surface area contributed by atoms with Crippen molar-refractivity contribution in [1.29, 1.82) is 0 Å². The molecule has 1 heterocycles. The van der Waals surface area contributed by atoms with E-state index in [0.717, 1.165) is 0 Å². The first-order chi connectivity index (χ1) is 6.84. The quantitative estimate of drug-likeness (QED) is 0.668. The smallest absolute Gasteiger partial charge is 0.363 e. The van der Waals surface area contributed by atoms with Crippen LogP contribution in [0.2, 0.25) is 0 Å². The number of Topliss-reactive ketones (excluding diaryl/α,β-unsaturated/α-hetero) is 1. The van der Waals surface area contributed by atoms with Crippen LogP contribution in [0, 0.1) is 0 Å². The van der Waals surface area contributed by atoms with E-state index in [1.807, 2.05) is 0 Å². The molecule has 1 aliphatic rings. The number of hydrogen-bond acceptors (Lipinski definition) is 3. The molecule has 0 aromatic carbocycles. The number of halogens is 3. The number of ether oxygens (including phenoxy) is 2. The summed E-state index contributed by atoms with van der Waals surface area (Å²) in [5, 5.41) is 0. The van der Waals surface area contributed by atoms with Crippen LogP contribution in [0.25, 0.3) is 0 Å². The lowest BCUT2D eigenvalue weighted by Gasteiger charge is -2.38. The minimum Gasteiger partial charge on any atom is -0.363 e. The van der Waals surface area contributed by atoms with Gasteiger partial charge in [-0.3, -0.25) is 9.53 Å². The maximum atomic E-state index is 12.4. The Morgan fingerprint density at radius 1 is 1.60 bits per heavy atom. The van der Waals surface area contributed by atoms with Crippen LogP contribution < -0.4 is 0 Å². The van der Waals surface area contributed by atoms with Gasteiger partial charge in [0, 0.05) is 6.42 Å². The summed E-state index contributed by atoms with van der Waals surface area (Å²) in [6.45, 7) is 4.61. The van der Waals surface area contributed by atoms with Crippen molar-refractivity contribution in [3.63, 3.8) is 0 Å². The molecule has 0 aromatic heterocycles. The summed E-state index contributed by atoms with van der Waals surface area (Å²) >= 11 is 0. The van der Waals surface area contributed by atoms with E-state index in [1.165, 1.54) is 6.92 Å². The van der Waals surface area contributed by atoms with E-state index in [0.29, 0.717) is 5.57 Å². The predicted molar refractivity (Wildman–Crippen MR) is 45.1 cm³/mol. The Morgan fingerprint density at radius 2 is 2.20 bits per heavy atom. The highest BCUT2D eigenvalue weighted by molar-refractivity contribution is 5.94. The van der Waals surface area contributed by atoms with Gasteiger partial charge in [-0.25, -0.2) is 4.39 Å². The van der Waals surface area contributed by atoms with E-state index in [1.54, 1.807) is 0 Å². The molecule has 0 saturated carbocycles. The molecule has 1 fully saturated rings. The normalized spacial score (nSPS) is 28.3. The average Bonchev–Trinajstić information content (AvgIpc) is 2.10. The molecule has 0 radical (unpaired) electrons. The van der Waals surface area contributed by atoms with Gasteiger partial charge in [0.1, 0.15) is 0 Å². The van der Waals surface area contributed by atoms with Gasteiger partial charge >= 0.3 is 6.11 Å². The highest BCUT2D eigenvalue weighted by Crippen LogP contribution is 2.38. The number of ketones is 1. The van der Waals surface area contributed by atoms with Gasteiger partial charge < -0.3 is 4.74 Å². The van der Waals surface area contributed by atoms with Crippen molar-refractivity contribution in [2.24, 2.45) is 0 Å². The Hall–Kier alpha value is -0.880. The minimum atomic E-state index is -3.59. The highest BCUT2D eigenvalue weighted by atomic mass is 19.3. The van der Waals surface area contributed by atoms with Gasteiger partial charge in [0.25, 0.3) is 0 Å². The first-order valence-electron chi connectivity index (χ1n) is 4.34. The SMILES string of the molecule is C=C(C)C(=O)CCOC1C(F)OC1(F)F. The van der Waals surface area contributed by atoms with Crippen molar-refractivity contribution in [2.75, 3.05) is 6.61 Å². The molecule has 86 valence electrons. The summed E-state index contributed by atoms with van der Waals surface area (Å²) in [6.07, 6.45) is -7.71. The largest absolute Gasteiger partial charge is 0.389 e. The van der Waals surface area contributed by atoms with Gasteiger partial charge in [0.2, 0.25) is 12.5 Å². The number of carbonyl (C=O) groups excluding carboxylic acids is 1. The summed E-state index contributed by atoms with van der Waals surface area (Å²) < 4.78 is 45.4. The molecule has 0 bridgehead atoms. The lowest BCUT2D eigenvalue weighted by atomic mass is 10.2. The van der Waals surface area contributed by atoms with Crippen LogP contribution in [0.1, 0.15) is 13.3 Å². The highest BCUT2D eigenvalue weighted by Gasteiger charge is 2.60. The Labute approximate surface area is 84.8 Å². The number of rotatable bonds is 5. The molecule has 15 heavy (non-hydrogen) atoms. The zero-order valence-electron chi connectivity index (χ0n) is 8.13. The van der Waals surface area contributed by atoms with Crippen LogP contribution in [0.4, 0.5) is 13.2 Å². The van der Waals surface area contributed by atoms with Gasteiger partial charge in [-0.2, -0.15) is 8.78 Å². The molecule has 6 heteroatoms. The molecular formula is C9H11F3O3. The molecule has 1 saturated heterocycles. The van der Waals surface area contributed by atoms with Crippen LogP contribution in [-0.2, 0) is 14.3 Å². The summed E-state index contributed by atoms with van der Waals surface area (Å²) in [7, 11) is 0. The first kappa shape index (κ1) is 12.2. The topological polar surface area (TPSA) is 35.5 Å². The van der Waals surface area contributed by atoms with E-state index in [4.69, 9.17) is 0 Å². The van der Waals surface area contributed by atoms with Crippen LogP contribution in [-0.4, -0.2) is 31.0 Å². The Bertz CT molecular complexity index is 278. The molecule has 1 rings (SSSR count). The maximum absolute atomic E-state index is 12.4. The second-order valence-electron chi connectivity index (χ2n) is 3.28. The molecule has 0 N–H and O–H groups in total. The maximum Gasteiger partial charge on any atom is 0.389 e. The Morgan fingerprint density at radius 3 is 2.60 bits per heavy atom. The minimum absolute atomic E-state index is 0.0887. The van der Waals surface area contributed by atoms with E-state index in [2.05, 4.69) is 16.1 Å². The third-order valence-corrected chi connectivity index (χ3v) is 1.94. The fourth-order valence-electron chi connectivity index (χ4n) is 1.02. The van der Waals surface area contributed by atoms with Crippen molar-refractivity contribution in [1.82, 2.24) is 0 Å². The zero-order valence-corrected chi connectivity index (χ0v) is 8.13. The lowest BCUT2D eigenvalue weighted by Crippen LogP contribution is -2.58. The summed E-state index contributed by atoms with van der Waals surface area (Å²) in [6, 6.07) is 0. The van der Waals surface area contributed by atoms with Crippen molar-refractivity contribution in [3.05, 3.63) is 12.2 Å². The Balaban J connectivity index is 2.26. The molecule has 3 nitrogen and oxygen atoms in total. The number of hydrogen-bond donors (Lipinski definition) is 0. The zero-order chi connectivity index (χ0) is 11.6. The van der Waals surface area contributed by atoms with Crippen LogP contribution >= 0.6 is 0 Å². The van der Waals surface area contributed by atoms with Crippen molar-refractivity contribution in [3.8, 4) is 0 Å². The average molecular weight is 224 g/mol. The van der Waals surface area contributed by atoms with Crippen molar-refractivity contribution in [2.45, 2.75) is 31.9 Å². The molecule has 1 aliphatic heterocycles. The van der Waals surface area contributed by atoms with E-state index in [-0.39, 0.29) is 18.8 Å². The standard InChI is InChI=1S/C9H11F3O3/c1-5(2)6(13)3-4-14-7-8(10)15-9(7,11)12/h7-8H,1,3-4H2,2H3. The lowest BCUT2D eigenvalue weighted by molar-refractivity contribution is -0.445. The van der Waals surface area contributed by atoms with Gasteiger partial charge in [-0.15, -0.1) is 0 Å². The Kier molecular flexibility index (Phi) is 3.51. The molecule has 2 unspecified atom stereocenters. The summed E-state index contributed by atoms with van der Waals surface area (Å²) in [5.41, 5.74) is 0.312. The summed E-state index contributed by atoms with van der Waals surface area (Å²) in [5.74, 6) is -0.297. The molecule has 2 atom stereocenters. The molecule has 0 aromatic rings. The fraction of sp³-hybridized carbons (Fsp3) is 0.667. The van der Waals surface area contributed by atoms with E-state index >= 15 is 0 Å². The number of alkyl halides is 3. The fourth-order valence-corrected chi connectivity index (χ4v) is 1.02. The van der Waals surface area contributed by atoms with Crippen LogP contribution in [0.5, 0.6) is 0 Å². The van der Waals surface area contributed by atoms with Gasteiger partial charge in [-0.1, -0.05) is 6.58 Å². The van der Waals surface area contributed by atoms with E-state index < -0.39 is 18.6 Å². The van der Waals surface area contributed by atoms with Crippen molar-refractivity contribution < 1.29 is 27.4 Å². The molecular weight excluding hydrogens is 213 g/mol. The molecule has 0 aliphatic carbocycles. The van der Waals surface area contributed by atoms with Crippen LogP contribution in [0.15, 0.2) is 12.2 Å². The first-order valence-corrected chi connectivity index (χ1v) is 4.34. The monoisotopic (exact) mass is 224 g/mol. The van der Waals surface area contributed by atoms with Crippen LogP contribution in [0.3, 0.4) is 0 Å². The van der Waals surface area contributed by atoms with Gasteiger partial charge in [0.05, 0.1) is 6.61 Å². The summed E-state index contributed by atoms with van der Waals surface area (Å²) in [4.78, 5) is 11.0. The number of carbonyl (C=O) groups is 1. The van der Waals surface area contributed by atoms with Gasteiger partial charge in [0.15, 0.2) is 5.78 Å². The third-order valence-electron chi connectivity index (χ3n) is 1.94. The molecule has 0 amide bonds. The van der Waals surface area contributed by atoms with Crippen molar-refractivity contribution >= 4 is 5.78 Å².